The molecule has 0 aromatic carbocycles. The van der Waals surface area contributed by atoms with E-state index in [2.05, 4.69) is 67.1 Å². The van der Waals surface area contributed by atoms with Crippen LogP contribution in [0, 0.1) is 0 Å². The van der Waals surface area contributed by atoms with E-state index in [0.717, 1.165) is 90.4 Å². The minimum atomic E-state index is -0.864. The van der Waals surface area contributed by atoms with Crippen LogP contribution in [0.2, 0.25) is 0 Å². The number of nitrogens with one attached hydrogen (secondary N) is 1. The van der Waals surface area contributed by atoms with E-state index >= 15 is 0 Å². The van der Waals surface area contributed by atoms with Gasteiger partial charge in [0.2, 0.25) is 0 Å². The van der Waals surface area contributed by atoms with Crippen molar-refractivity contribution in [3.05, 3.63) is 24.3 Å². The average Bonchev–Trinajstić information content (AvgIpc) is 3.22. The molecule has 58 heavy (non-hydrogen) atoms. The standard InChI is InChI=1S/C49H93N3O6/c1-6-10-12-14-16-18-20-22-24-26-28-30-32-34-36-38-47(53)56-44-46(58-49(55)50-40-41-51(5)42-43-52(8-3)9-4)45-57-48(54)39-37-35-33-31-29-27-25-23-21-19-17-15-13-11-7-2/h22-25,46H,6-21,26-45H2,1-5H3,(H,50,55). The maximum absolute atomic E-state index is 12.7. The first kappa shape index (κ1) is 55.6. The van der Waals surface area contributed by atoms with Gasteiger partial charge in [-0.3, -0.25) is 9.59 Å². The van der Waals surface area contributed by atoms with Crippen LogP contribution in [0.25, 0.3) is 0 Å². The number of rotatable bonds is 43. The van der Waals surface area contributed by atoms with Crippen molar-refractivity contribution in [2.45, 2.75) is 214 Å². The number of carbonyl (C=O) groups is 3. The van der Waals surface area contributed by atoms with E-state index in [0.29, 0.717) is 25.9 Å². The monoisotopic (exact) mass is 820 g/mol. The minimum absolute atomic E-state index is 0.137. The zero-order valence-electron chi connectivity index (χ0n) is 38.7. The van der Waals surface area contributed by atoms with E-state index in [1.54, 1.807) is 0 Å². The van der Waals surface area contributed by atoms with E-state index in [1.165, 1.54) is 103 Å². The lowest BCUT2D eigenvalue weighted by Gasteiger charge is -2.23. The second-order valence-corrected chi connectivity index (χ2v) is 16.3. The maximum Gasteiger partial charge on any atom is 0.407 e. The molecule has 0 spiro atoms. The Bertz CT molecular complexity index is 929. The number of amides is 1. The summed E-state index contributed by atoms with van der Waals surface area (Å²) >= 11 is 0. The summed E-state index contributed by atoms with van der Waals surface area (Å²) < 4.78 is 16.6. The minimum Gasteiger partial charge on any atom is -0.462 e. The largest absolute Gasteiger partial charge is 0.462 e. The molecule has 1 amide bonds. The number of esters is 2. The highest BCUT2D eigenvalue weighted by atomic mass is 16.6. The fourth-order valence-electron chi connectivity index (χ4n) is 6.82. The molecule has 340 valence electrons. The number of hydrogen-bond acceptors (Lipinski definition) is 8. The normalized spacial score (nSPS) is 12.3. The van der Waals surface area contributed by atoms with E-state index < -0.39 is 12.2 Å². The van der Waals surface area contributed by atoms with Crippen molar-refractivity contribution in [1.82, 2.24) is 15.1 Å². The summed E-state index contributed by atoms with van der Waals surface area (Å²) in [5, 5.41) is 2.80. The molecule has 0 aliphatic rings. The summed E-state index contributed by atoms with van der Waals surface area (Å²) in [6.07, 6.45) is 39.6. The summed E-state index contributed by atoms with van der Waals surface area (Å²) in [4.78, 5) is 42.4. The van der Waals surface area contributed by atoms with Crippen LogP contribution in [-0.2, 0) is 23.8 Å². The third-order valence-corrected chi connectivity index (χ3v) is 10.9. The molecule has 0 unspecified atom stereocenters. The Morgan fingerprint density at radius 2 is 0.879 bits per heavy atom. The third-order valence-electron chi connectivity index (χ3n) is 10.9. The highest BCUT2D eigenvalue weighted by Crippen LogP contribution is 2.13. The molecular formula is C49H93N3O6. The SMILES string of the molecule is CCCCCCCCC=CCCCCCCCC(=O)OCC(COC(=O)CCCCCCCC=CCCCCCCCC)OC(=O)NCCN(C)CCN(CC)CC. The Hall–Kier alpha value is -2.39. The van der Waals surface area contributed by atoms with E-state index in [4.69, 9.17) is 14.2 Å². The number of alkyl carbamates (subject to hydrolysis) is 1. The van der Waals surface area contributed by atoms with Gasteiger partial charge in [0, 0.05) is 39.0 Å². The van der Waals surface area contributed by atoms with Crippen molar-refractivity contribution in [1.29, 1.82) is 0 Å². The molecule has 0 saturated carbocycles. The third kappa shape index (κ3) is 40.4. The molecule has 9 heteroatoms. The molecule has 0 heterocycles. The van der Waals surface area contributed by atoms with Crippen LogP contribution in [0.4, 0.5) is 4.79 Å². The number of allylic oxidation sites excluding steroid dienone is 4. The lowest BCUT2D eigenvalue weighted by atomic mass is 10.1. The summed E-state index contributed by atoms with van der Waals surface area (Å²) in [6.45, 7) is 13.6. The predicted molar refractivity (Wildman–Crippen MR) is 244 cm³/mol. The Morgan fingerprint density at radius 3 is 1.28 bits per heavy atom. The molecule has 0 rings (SSSR count). The van der Waals surface area contributed by atoms with Gasteiger partial charge < -0.3 is 29.3 Å². The molecule has 0 bridgehead atoms. The Labute approximate surface area is 358 Å². The van der Waals surface area contributed by atoms with Crippen LogP contribution < -0.4 is 5.32 Å². The van der Waals surface area contributed by atoms with Crippen LogP contribution in [-0.4, -0.2) is 93.5 Å². The molecule has 9 nitrogen and oxygen atoms in total. The van der Waals surface area contributed by atoms with Crippen molar-refractivity contribution < 1.29 is 28.6 Å². The molecule has 0 radical (unpaired) electrons. The first-order valence-corrected chi connectivity index (χ1v) is 24.3. The maximum atomic E-state index is 12.7. The highest BCUT2D eigenvalue weighted by Gasteiger charge is 2.20. The average molecular weight is 820 g/mol. The molecule has 1 N–H and O–H groups in total. The fourth-order valence-corrected chi connectivity index (χ4v) is 6.82. The van der Waals surface area contributed by atoms with Crippen molar-refractivity contribution >= 4 is 18.0 Å². The first-order chi connectivity index (χ1) is 28.4. The van der Waals surface area contributed by atoms with Crippen molar-refractivity contribution in [3.8, 4) is 0 Å². The molecule has 0 aliphatic heterocycles. The molecule has 0 aromatic heterocycles. The number of nitrogens with zero attached hydrogens (tertiary/aromatic N) is 2. The van der Waals surface area contributed by atoms with Gasteiger partial charge in [-0.2, -0.15) is 0 Å². The summed E-state index contributed by atoms with van der Waals surface area (Å²) in [5.74, 6) is -0.637. The number of carbonyl (C=O) groups excluding carboxylic acids is 3. The van der Waals surface area contributed by atoms with Gasteiger partial charge in [-0.25, -0.2) is 4.79 Å². The predicted octanol–water partition coefficient (Wildman–Crippen LogP) is 12.5. The second-order valence-electron chi connectivity index (χ2n) is 16.3. The van der Waals surface area contributed by atoms with Crippen molar-refractivity contribution in [2.24, 2.45) is 0 Å². The molecular weight excluding hydrogens is 727 g/mol. The highest BCUT2D eigenvalue weighted by molar-refractivity contribution is 5.70. The number of ether oxygens (including phenoxy) is 3. The lowest BCUT2D eigenvalue weighted by Crippen LogP contribution is -2.40. The molecule has 0 fully saturated rings. The lowest BCUT2D eigenvalue weighted by molar-refractivity contribution is -0.152. The van der Waals surface area contributed by atoms with Crippen LogP contribution in [0.3, 0.4) is 0 Å². The van der Waals surface area contributed by atoms with Crippen LogP contribution in [0.5, 0.6) is 0 Å². The number of hydrogen-bond donors (Lipinski definition) is 1. The smallest absolute Gasteiger partial charge is 0.407 e. The number of likely N-dealkylation sites (N-methyl/N-ethyl adjacent to an activating group) is 2. The van der Waals surface area contributed by atoms with Gasteiger partial charge in [0.15, 0.2) is 6.10 Å². The van der Waals surface area contributed by atoms with E-state index in [9.17, 15) is 14.4 Å². The zero-order chi connectivity index (χ0) is 42.6. The summed E-state index contributed by atoms with van der Waals surface area (Å²) in [6, 6.07) is 0. The molecule has 0 aliphatic carbocycles. The van der Waals surface area contributed by atoms with Gasteiger partial charge in [-0.05, 0) is 84.3 Å². The Kier molecular flexibility index (Phi) is 42.3. The van der Waals surface area contributed by atoms with E-state index in [-0.39, 0.29) is 25.2 Å². The van der Waals surface area contributed by atoms with Crippen LogP contribution in [0.15, 0.2) is 24.3 Å². The fraction of sp³-hybridized carbons (Fsp3) is 0.857. The molecule has 0 saturated heterocycles. The van der Waals surface area contributed by atoms with E-state index in [1.807, 2.05) is 7.05 Å². The van der Waals surface area contributed by atoms with Crippen molar-refractivity contribution in [2.75, 3.05) is 59.5 Å². The van der Waals surface area contributed by atoms with Gasteiger partial charge >= 0.3 is 18.0 Å². The molecule has 0 aromatic rings. The topological polar surface area (TPSA) is 97.4 Å². The Morgan fingerprint density at radius 1 is 0.500 bits per heavy atom. The van der Waals surface area contributed by atoms with Crippen molar-refractivity contribution in [3.63, 3.8) is 0 Å². The van der Waals surface area contributed by atoms with Gasteiger partial charge in [0.1, 0.15) is 13.2 Å². The summed E-state index contributed by atoms with van der Waals surface area (Å²) in [7, 11) is 2.03. The van der Waals surface area contributed by atoms with Gasteiger partial charge in [-0.1, -0.05) is 155 Å². The Balaban J connectivity index is 4.43. The van der Waals surface area contributed by atoms with Crippen LogP contribution in [0.1, 0.15) is 207 Å². The van der Waals surface area contributed by atoms with Gasteiger partial charge in [0.25, 0.3) is 0 Å². The number of unbranched alkanes of at least 4 members (excludes halogenated alkanes) is 22. The second kappa shape index (κ2) is 44.2. The van der Waals surface area contributed by atoms with Gasteiger partial charge in [0.05, 0.1) is 0 Å². The summed E-state index contributed by atoms with van der Waals surface area (Å²) in [5.41, 5.74) is 0. The zero-order valence-corrected chi connectivity index (χ0v) is 38.7. The molecule has 0 atom stereocenters. The van der Waals surface area contributed by atoms with Gasteiger partial charge in [-0.15, -0.1) is 0 Å². The first-order valence-electron chi connectivity index (χ1n) is 24.3. The van der Waals surface area contributed by atoms with Crippen LogP contribution >= 0.6 is 0 Å². The quantitative estimate of drug-likeness (QED) is 0.0281.